The van der Waals surface area contributed by atoms with Crippen LogP contribution in [0.25, 0.3) is 0 Å². The number of nitrogens with zero attached hydrogens (tertiary/aromatic N) is 2. The molecule has 0 saturated heterocycles. The lowest BCUT2D eigenvalue weighted by molar-refractivity contribution is -0.139. The molecular formula is C33H33Cl2N3O5S. The third-order valence-electron chi connectivity index (χ3n) is 6.92. The van der Waals surface area contributed by atoms with E-state index in [1.165, 1.54) is 24.1 Å². The summed E-state index contributed by atoms with van der Waals surface area (Å²) in [5.74, 6) is -0.485. The van der Waals surface area contributed by atoms with E-state index < -0.39 is 34.4 Å². The number of carbonyl (C=O) groups is 2. The maximum Gasteiger partial charge on any atom is 0.264 e. The maximum atomic E-state index is 14.3. The van der Waals surface area contributed by atoms with E-state index >= 15 is 0 Å². The van der Waals surface area contributed by atoms with Gasteiger partial charge in [-0.2, -0.15) is 0 Å². The van der Waals surface area contributed by atoms with Gasteiger partial charge >= 0.3 is 0 Å². The van der Waals surface area contributed by atoms with Crippen molar-refractivity contribution < 1.29 is 22.7 Å². The summed E-state index contributed by atoms with van der Waals surface area (Å²) >= 11 is 12.6. The molecule has 0 radical (unpaired) electrons. The first-order valence-corrected chi connectivity index (χ1v) is 16.1. The van der Waals surface area contributed by atoms with Gasteiger partial charge in [0, 0.05) is 30.1 Å². The van der Waals surface area contributed by atoms with Crippen LogP contribution in [-0.4, -0.2) is 51.4 Å². The molecular weight excluding hydrogens is 621 g/mol. The smallest absolute Gasteiger partial charge is 0.264 e. The van der Waals surface area contributed by atoms with Crippen LogP contribution in [0.1, 0.15) is 18.1 Å². The first-order chi connectivity index (χ1) is 21.1. The normalized spacial score (nSPS) is 11.8. The minimum absolute atomic E-state index is 0.0166. The molecule has 4 aromatic rings. The maximum absolute atomic E-state index is 14.3. The summed E-state index contributed by atoms with van der Waals surface area (Å²) in [7, 11) is -2.73. The molecule has 0 spiro atoms. The third-order valence-corrected chi connectivity index (χ3v) is 9.29. The zero-order valence-corrected chi connectivity index (χ0v) is 26.6. The lowest BCUT2D eigenvalue weighted by Crippen LogP contribution is -2.53. The van der Waals surface area contributed by atoms with Crippen molar-refractivity contribution in [2.24, 2.45) is 0 Å². The number of hydrogen-bond acceptors (Lipinski definition) is 5. The Hall–Kier alpha value is -4.05. The minimum atomic E-state index is -4.23. The first kappa shape index (κ1) is 32.9. The highest BCUT2D eigenvalue weighted by Gasteiger charge is 2.34. The second kappa shape index (κ2) is 15.1. The van der Waals surface area contributed by atoms with Gasteiger partial charge < -0.3 is 15.0 Å². The van der Waals surface area contributed by atoms with E-state index in [-0.39, 0.29) is 17.9 Å². The summed E-state index contributed by atoms with van der Waals surface area (Å²) in [5.41, 5.74) is 1.66. The lowest BCUT2D eigenvalue weighted by atomic mass is 10.0. The van der Waals surface area contributed by atoms with Crippen LogP contribution >= 0.6 is 23.2 Å². The van der Waals surface area contributed by atoms with Gasteiger partial charge in [0.2, 0.25) is 11.8 Å². The molecule has 0 aliphatic rings. The van der Waals surface area contributed by atoms with Crippen LogP contribution in [0.5, 0.6) is 5.75 Å². The topological polar surface area (TPSA) is 96.0 Å². The Balaban J connectivity index is 1.77. The highest BCUT2D eigenvalue weighted by Crippen LogP contribution is 2.28. The van der Waals surface area contributed by atoms with E-state index in [0.29, 0.717) is 33.7 Å². The Bertz CT molecular complexity index is 1670. The molecule has 1 atom stereocenters. The number of sulfonamides is 1. The summed E-state index contributed by atoms with van der Waals surface area (Å²) in [6, 6.07) is 27.5. The van der Waals surface area contributed by atoms with Gasteiger partial charge in [0.15, 0.2) is 0 Å². The summed E-state index contributed by atoms with van der Waals surface area (Å²) in [5, 5.41) is 3.39. The summed E-state index contributed by atoms with van der Waals surface area (Å²) < 4.78 is 34.6. The van der Waals surface area contributed by atoms with Gasteiger partial charge in [0.05, 0.1) is 17.2 Å². The molecule has 8 nitrogen and oxygen atoms in total. The van der Waals surface area contributed by atoms with Gasteiger partial charge in [-0.3, -0.25) is 13.9 Å². The minimum Gasteiger partial charge on any atom is -0.494 e. The standard InChI is InChI=1S/C33H33Cl2N3O5S/c1-3-43-28-16-18-29(19-17-28)44(41,42)38(27-12-8-5-9-13-27)23-32(39)37(22-25-14-15-26(34)21-30(25)35)31(33(40)36-2)20-24-10-6-4-7-11-24/h4-19,21,31H,3,20,22-23H2,1-2H3,(H,36,40). The molecule has 230 valence electrons. The SMILES string of the molecule is CCOc1ccc(S(=O)(=O)N(CC(=O)N(Cc2ccc(Cl)cc2Cl)C(Cc2ccccc2)C(=O)NC)c2ccccc2)cc1. The predicted octanol–water partition coefficient (Wildman–Crippen LogP) is 5.97. The van der Waals surface area contributed by atoms with E-state index in [0.717, 1.165) is 9.87 Å². The fraction of sp³-hybridized carbons (Fsp3) is 0.212. The number of halogens is 2. The molecule has 44 heavy (non-hydrogen) atoms. The van der Waals surface area contributed by atoms with E-state index in [4.69, 9.17) is 27.9 Å². The average Bonchev–Trinajstić information content (AvgIpc) is 3.03. The Morgan fingerprint density at radius 1 is 0.886 bits per heavy atom. The number of hydrogen-bond donors (Lipinski definition) is 1. The van der Waals surface area contributed by atoms with Crippen LogP contribution in [0, 0.1) is 0 Å². The Labute approximate surface area is 268 Å². The number of nitrogens with one attached hydrogen (secondary N) is 1. The van der Waals surface area contributed by atoms with Crippen LogP contribution in [0.2, 0.25) is 10.0 Å². The van der Waals surface area contributed by atoms with Gasteiger partial charge in [-0.05, 0) is 66.6 Å². The molecule has 11 heteroatoms. The Kier molecular flexibility index (Phi) is 11.3. The van der Waals surface area contributed by atoms with Crippen molar-refractivity contribution in [3.05, 3.63) is 124 Å². The molecule has 2 amide bonds. The second-order valence-electron chi connectivity index (χ2n) is 9.83. The number of amides is 2. The lowest BCUT2D eigenvalue weighted by Gasteiger charge is -2.33. The van der Waals surface area contributed by atoms with Gasteiger partial charge in [0.1, 0.15) is 18.3 Å². The highest BCUT2D eigenvalue weighted by atomic mass is 35.5. The van der Waals surface area contributed by atoms with Crippen molar-refractivity contribution in [1.82, 2.24) is 10.2 Å². The molecule has 0 aromatic heterocycles. The van der Waals surface area contributed by atoms with E-state index in [1.807, 2.05) is 37.3 Å². The van der Waals surface area contributed by atoms with Crippen molar-refractivity contribution >= 4 is 50.7 Å². The van der Waals surface area contributed by atoms with Gasteiger partial charge in [-0.25, -0.2) is 8.42 Å². The van der Waals surface area contributed by atoms with Gasteiger partial charge in [0.25, 0.3) is 10.0 Å². The quantitative estimate of drug-likeness (QED) is 0.192. The van der Waals surface area contributed by atoms with Crippen LogP contribution in [0.3, 0.4) is 0 Å². The molecule has 0 saturated carbocycles. The van der Waals surface area contributed by atoms with Crippen molar-refractivity contribution in [3.8, 4) is 5.75 Å². The summed E-state index contributed by atoms with van der Waals surface area (Å²) in [4.78, 5) is 29.0. The predicted molar refractivity (Wildman–Crippen MR) is 174 cm³/mol. The Morgan fingerprint density at radius 2 is 1.52 bits per heavy atom. The third kappa shape index (κ3) is 8.11. The number of benzene rings is 4. The molecule has 0 bridgehead atoms. The molecule has 0 fully saturated rings. The van der Waals surface area contributed by atoms with Gasteiger partial charge in [-0.1, -0.05) is 77.8 Å². The van der Waals surface area contributed by atoms with Crippen LogP contribution in [0.15, 0.2) is 108 Å². The molecule has 4 rings (SSSR count). The number of likely N-dealkylation sites (N-methyl/N-ethyl adjacent to an activating group) is 1. The molecule has 0 aliphatic carbocycles. The van der Waals surface area contributed by atoms with Crippen LogP contribution in [-0.2, 0) is 32.6 Å². The first-order valence-electron chi connectivity index (χ1n) is 13.9. The van der Waals surface area contributed by atoms with E-state index in [9.17, 15) is 18.0 Å². The largest absolute Gasteiger partial charge is 0.494 e. The Morgan fingerprint density at radius 3 is 2.11 bits per heavy atom. The zero-order valence-electron chi connectivity index (χ0n) is 24.3. The molecule has 0 heterocycles. The van der Waals surface area contributed by atoms with Crippen molar-refractivity contribution in [1.29, 1.82) is 0 Å². The fourth-order valence-electron chi connectivity index (χ4n) is 4.68. The second-order valence-corrected chi connectivity index (χ2v) is 12.5. The number of ether oxygens (including phenoxy) is 1. The monoisotopic (exact) mass is 653 g/mol. The van der Waals surface area contributed by atoms with Crippen molar-refractivity contribution in [2.75, 3.05) is 24.5 Å². The number of anilines is 1. The molecule has 4 aromatic carbocycles. The van der Waals surface area contributed by atoms with E-state index in [1.54, 1.807) is 60.7 Å². The number of carbonyl (C=O) groups excluding carboxylic acids is 2. The van der Waals surface area contributed by atoms with Crippen molar-refractivity contribution in [3.63, 3.8) is 0 Å². The average molecular weight is 655 g/mol. The van der Waals surface area contributed by atoms with Crippen LogP contribution in [0.4, 0.5) is 5.69 Å². The molecule has 1 N–H and O–H groups in total. The van der Waals surface area contributed by atoms with Gasteiger partial charge in [-0.15, -0.1) is 0 Å². The van der Waals surface area contributed by atoms with Crippen molar-refractivity contribution in [2.45, 2.75) is 30.8 Å². The number of para-hydroxylation sites is 1. The summed E-state index contributed by atoms with van der Waals surface area (Å²) in [6.07, 6.45) is 0.189. The molecule has 1 unspecified atom stereocenters. The van der Waals surface area contributed by atoms with Crippen LogP contribution < -0.4 is 14.4 Å². The fourth-order valence-corrected chi connectivity index (χ4v) is 6.56. The summed E-state index contributed by atoms with van der Waals surface area (Å²) in [6.45, 7) is 1.62. The zero-order chi connectivity index (χ0) is 31.7. The highest BCUT2D eigenvalue weighted by molar-refractivity contribution is 7.92. The number of rotatable bonds is 13. The van der Waals surface area contributed by atoms with E-state index in [2.05, 4.69) is 5.32 Å². The molecule has 0 aliphatic heterocycles.